The van der Waals surface area contributed by atoms with Gasteiger partial charge in [-0.05, 0) is 30.7 Å². The van der Waals surface area contributed by atoms with Gasteiger partial charge in [-0.25, -0.2) is 4.98 Å². The van der Waals surface area contributed by atoms with Crippen molar-refractivity contribution in [1.29, 1.82) is 0 Å². The van der Waals surface area contributed by atoms with Gasteiger partial charge in [0.15, 0.2) is 0 Å². The van der Waals surface area contributed by atoms with Gasteiger partial charge >= 0.3 is 0 Å². The minimum Gasteiger partial charge on any atom is -0.378 e. The molecule has 0 aromatic carbocycles. The molecule has 18 heavy (non-hydrogen) atoms. The lowest BCUT2D eigenvalue weighted by Crippen LogP contribution is -2.02. The molecule has 0 aliphatic carbocycles. The molecule has 0 bridgehead atoms. The van der Waals surface area contributed by atoms with Crippen LogP contribution in [0.25, 0.3) is 5.52 Å². The van der Waals surface area contributed by atoms with E-state index < -0.39 is 0 Å². The van der Waals surface area contributed by atoms with Crippen molar-refractivity contribution in [1.82, 2.24) is 14.4 Å². The van der Waals surface area contributed by atoms with E-state index in [1.165, 1.54) is 5.56 Å². The highest BCUT2D eigenvalue weighted by Gasteiger charge is 1.97. The summed E-state index contributed by atoms with van der Waals surface area (Å²) in [4.78, 5) is 8.46. The van der Waals surface area contributed by atoms with Crippen molar-refractivity contribution >= 4 is 11.2 Å². The van der Waals surface area contributed by atoms with Gasteiger partial charge in [0.2, 0.25) is 0 Å². The summed E-state index contributed by atoms with van der Waals surface area (Å²) in [6.07, 6.45) is 7.54. The number of fused-ring (bicyclic) bond motifs is 1. The first-order chi connectivity index (χ1) is 8.81. The molecule has 4 heteroatoms. The van der Waals surface area contributed by atoms with Crippen LogP contribution in [0.3, 0.4) is 0 Å². The fraction of sp³-hybridized carbons (Fsp3) is 0.143. The number of hydrogen-bond acceptors (Lipinski definition) is 3. The van der Waals surface area contributed by atoms with Gasteiger partial charge in [0.1, 0.15) is 0 Å². The van der Waals surface area contributed by atoms with Crippen molar-refractivity contribution < 1.29 is 0 Å². The van der Waals surface area contributed by atoms with Gasteiger partial charge in [0, 0.05) is 12.4 Å². The third-order valence-corrected chi connectivity index (χ3v) is 2.85. The summed E-state index contributed by atoms with van der Waals surface area (Å²) in [7, 11) is 0. The van der Waals surface area contributed by atoms with Crippen molar-refractivity contribution in [2.75, 3.05) is 5.32 Å². The van der Waals surface area contributed by atoms with Crippen molar-refractivity contribution in [3.8, 4) is 0 Å². The maximum Gasteiger partial charge on any atom is 0.0992 e. The summed E-state index contributed by atoms with van der Waals surface area (Å²) in [5.74, 6) is 0. The van der Waals surface area contributed by atoms with Gasteiger partial charge in [0.05, 0.1) is 36.0 Å². The van der Waals surface area contributed by atoms with Crippen molar-refractivity contribution in [3.63, 3.8) is 0 Å². The van der Waals surface area contributed by atoms with E-state index >= 15 is 0 Å². The topological polar surface area (TPSA) is 42.2 Å². The number of aryl methyl sites for hydroxylation is 1. The highest BCUT2D eigenvalue weighted by molar-refractivity contribution is 5.53. The van der Waals surface area contributed by atoms with Gasteiger partial charge in [-0.3, -0.25) is 4.98 Å². The van der Waals surface area contributed by atoms with E-state index in [1.807, 2.05) is 48.1 Å². The zero-order chi connectivity index (χ0) is 12.4. The molecule has 0 unspecified atom stereocenters. The SMILES string of the molecule is Cc1ccc(CNc2ccc3cncn3c2)nc1. The first kappa shape index (κ1) is 10.8. The number of imidazole rings is 1. The summed E-state index contributed by atoms with van der Waals surface area (Å²) in [5, 5.41) is 3.35. The van der Waals surface area contributed by atoms with Crippen LogP contribution in [0.15, 0.2) is 49.2 Å². The molecule has 0 saturated heterocycles. The van der Waals surface area contributed by atoms with Crippen molar-refractivity contribution in [2.45, 2.75) is 13.5 Å². The smallest absolute Gasteiger partial charge is 0.0992 e. The molecule has 0 amide bonds. The fourth-order valence-electron chi connectivity index (χ4n) is 1.82. The standard InChI is InChI=1S/C14H14N4/c1-11-2-3-12(16-6-11)7-17-13-4-5-14-8-15-10-18(14)9-13/h2-6,8-10,17H,7H2,1H3. The lowest BCUT2D eigenvalue weighted by Gasteiger charge is -2.06. The molecule has 0 atom stereocenters. The number of nitrogens with zero attached hydrogens (tertiary/aromatic N) is 3. The summed E-state index contributed by atoms with van der Waals surface area (Å²) < 4.78 is 1.99. The Morgan fingerprint density at radius 3 is 2.94 bits per heavy atom. The summed E-state index contributed by atoms with van der Waals surface area (Å²) in [6.45, 7) is 2.76. The van der Waals surface area contributed by atoms with Crippen LogP contribution in [-0.4, -0.2) is 14.4 Å². The molecule has 1 N–H and O–H groups in total. The van der Waals surface area contributed by atoms with Crippen LogP contribution in [0.4, 0.5) is 5.69 Å². The largest absolute Gasteiger partial charge is 0.378 e. The van der Waals surface area contributed by atoms with E-state index in [9.17, 15) is 0 Å². The fourth-order valence-corrected chi connectivity index (χ4v) is 1.82. The van der Waals surface area contributed by atoms with E-state index in [4.69, 9.17) is 0 Å². The van der Waals surface area contributed by atoms with E-state index in [1.54, 1.807) is 6.33 Å². The number of aromatic nitrogens is 3. The molecular formula is C14H14N4. The highest BCUT2D eigenvalue weighted by atomic mass is 15.0. The van der Waals surface area contributed by atoms with Crippen LogP contribution < -0.4 is 5.32 Å². The molecule has 0 radical (unpaired) electrons. The number of hydrogen-bond donors (Lipinski definition) is 1. The minimum atomic E-state index is 0.723. The van der Waals surface area contributed by atoms with E-state index in [0.29, 0.717) is 0 Å². The maximum atomic E-state index is 4.36. The van der Waals surface area contributed by atoms with Gasteiger partial charge in [-0.15, -0.1) is 0 Å². The molecule has 3 heterocycles. The monoisotopic (exact) mass is 238 g/mol. The quantitative estimate of drug-likeness (QED) is 0.762. The molecule has 0 aliphatic rings. The molecule has 0 saturated carbocycles. The first-order valence-corrected chi connectivity index (χ1v) is 5.88. The van der Waals surface area contributed by atoms with Crippen LogP contribution in [0.5, 0.6) is 0 Å². The average molecular weight is 238 g/mol. The predicted molar refractivity (Wildman–Crippen MR) is 71.5 cm³/mol. The Morgan fingerprint density at radius 1 is 1.17 bits per heavy atom. The van der Waals surface area contributed by atoms with Gasteiger partial charge in [-0.1, -0.05) is 6.07 Å². The number of anilines is 1. The Bertz CT molecular complexity index is 655. The van der Waals surface area contributed by atoms with E-state index in [-0.39, 0.29) is 0 Å². The second kappa shape index (κ2) is 4.49. The van der Waals surface area contributed by atoms with E-state index in [0.717, 1.165) is 23.4 Å². The molecule has 3 aromatic rings. The number of rotatable bonds is 3. The Kier molecular flexibility index (Phi) is 2.68. The van der Waals surface area contributed by atoms with E-state index in [2.05, 4.69) is 21.4 Å². The summed E-state index contributed by atoms with van der Waals surface area (Å²) in [5.41, 5.74) is 4.36. The van der Waals surface area contributed by atoms with Crippen LogP contribution in [0.2, 0.25) is 0 Å². The van der Waals surface area contributed by atoms with Crippen LogP contribution in [0, 0.1) is 6.92 Å². The third-order valence-electron chi connectivity index (χ3n) is 2.85. The lowest BCUT2D eigenvalue weighted by molar-refractivity contribution is 1.03. The molecule has 4 nitrogen and oxygen atoms in total. The van der Waals surface area contributed by atoms with Crippen molar-refractivity contribution in [3.05, 3.63) is 60.4 Å². The Morgan fingerprint density at radius 2 is 2.11 bits per heavy atom. The molecular weight excluding hydrogens is 224 g/mol. The second-order valence-corrected chi connectivity index (χ2v) is 4.32. The Labute approximate surface area is 105 Å². The maximum absolute atomic E-state index is 4.36. The minimum absolute atomic E-state index is 0.723. The third kappa shape index (κ3) is 2.18. The predicted octanol–water partition coefficient (Wildman–Crippen LogP) is 2.65. The first-order valence-electron chi connectivity index (χ1n) is 5.88. The highest BCUT2D eigenvalue weighted by Crippen LogP contribution is 2.11. The summed E-state index contributed by atoms with van der Waals surface area (Å²) in [6, 6.07) is 8.20. The molecule has 0 aliphatic heterocycles. The lowest BCUT2D eigenvalue weighted by atomic mass is 10.2. The molecule has 0 spiro atoms. The van der Waals surface area contributed by atoms with Crippen LogP contribution in [-0.2, 0) is 6.54 Å². The average Bonchev–Trinajstić information content (AvgIpc) is 2.85. The number of nitrogens with one attached hydrogen (secondary N) is 1. The Balaban J connectivity index is 1.74. The zero-order valence-electron chi connectivity index (χ0n) is 10.2. The zero-order valence-corrected chi connectivity index (χ0v) is 10.2. The van der Waals surface area contributed by atoms with Gasteiger partial charge in [0.25, 0.3) is 0 Å². The van der Waals surface area contributed by atoms with Crippen LogP contribution >= 0.6 is 0 Å². The van der Waals surface area contributed by atoms with Crippen molar-refractivity contribution in [2.24, 2.45) is 0 Å². The van der Waals surface area contributed by atoms with Gasteiger partial charge < -0.3 is 9.72 Å². The summed E-state index contributed by atoms with van der Waals surface area (Å²) >= 11 is 0. The molecule has 3 rings (SSSR count). The molecule has 3 aromatic heterocycles. The normalized spacial score (nSPS) is 10.7. The molecule has 0 fully saturated rings. The number of pyridine rings is 2. The second-order valence-electron chi connectivity index (χ2n) is 4.32. The Hall–Kier alpha value is -2.36. The molecule has 90 valence electrons. The van der Waals surface area contributed by atoms with Gasteiger partial charge in [-0.2, -0.15) is 0 Å². The van der Waals surface area contributed by atoms with Crippen LogP contribution in [0.1, 0.15) is 11.3 Å².